The maximum atomic E-state index is 12.4. The fourth-order valence-electron chi connectivity index (χ4n) is 5.80. The van der Waals surface area contributed by atoms with Crippen molar-refractivity contribution in [2.24, 2.45) is 5.92 Å². The minimum absolute atomic E-state index is 0.0109. The van der Waals surface area contributed by atoms with E-state index in [2.05, 4.69) is 37.4 Å². The molecule has 52 heavy (non-hydrogen) atoms. The van der Waals surface area contributed by atoms with Crippen LogP contribution in [0.15, 0.2) is 36.5 Å². The Labute approximate surface area is 317 Å². The molecule has 0 fully saturated rings. The first-order valence-electron chi connectivity index (χ1n) is 20.7. The number of unbranched alkanes of at least 4 members (excludes halogenated alkanes) is 18. The molecule has 0 aliphatic rings. The lowest BCUT2D eigenvalue weighted by Crippen LogP contribution is -2.29. The quantitative estimate of drug-likeness (QED) is 0.0186. The van der Waals surface area contributed by atoms with Crippen molar-refractivity contribution in [3.63, 3.8) is 0 Å². The van der Waals surface area contributed by atoms with Crippen LogP contribution < -0.4 is 0 Å². The number of aliphatic hydroxyl groups excluding tert-OH is 1. The Hall–Kier alpha value is -1.77. The van der Waals surface area contributed by atoms with Gasteiger partial charge in [0.1, 0.15) is 6.61 Å². The van der Waals surface area contributed by atoms with Crippen LogP contribution in [0.5, 0.6) is 0 Å². The summed E-state index contributed by atoms with van der Waals surface area (Å²) in [4.78, 5) is 42.8. The summed E-state index contributed by atoms with van der Waals surface area (Å²) in [5, 5.41) is 10.2. The molecule has 2 atom stereocenters. The largest absolute Gasteiger partial charge is 0.469 e. The van der Waals surface area contributed by atoms with Crippen molar-refractivity contribution in [3.05, 3.63) is 36.5 Å². The first-order valence-corrected chi connectivity index (χ1v) is 22.3. The minimum Gasteiger partial charge on any atom is -0.462 e. The van der Waals surface area contributed by atoms with E-state index < -0.39 is 38.6 Å². The van der Waals surface area contributed by atoms with Crippen LogP contribution in [0.25, 0.3) is 0 Å². The molecule has 0 aliphatic carbocycles. The lowest BCUT2D eigenvalue weighted by molar-refractivity contribution is -0.161. The number of carbonyl (C=O) groups excluding carboxylic acids is 2. The molecule has 0 aromatic rings. The summed E-state index contributed by atoms with van der Waals surface area (Å²) < 4.78 is 26.2. The summed E-state index contributed by atoms with van der Waals surface area (Å²) in [6, 6.07) is 0. The van der Waals surface area contributed by atoms with Gasteiger partial charge in [0.2, 0.25) is 0 Å². The highest BCUT2D eigenvalue weighted by Crippen LogP contribution is 2.36. The molecule has 0 heterocycles. The van der Waals surface area contributed by atoms with Gasteiger partial charge in [-0.3, -0.25) is 14.1 Å². The molecule has 0 bridgehead atoms. The van der Waals surface area contributed by atoms with Crippen LogP contribution in [0.3, 0.4) is 0 Å². The third-order valence-corrected chi connectivity index (χ3v) is 9.43. The monoisotopic (exact) mass is 757 g/mol. The summed E-state index contributed by atoms with van der Waals surface area (Å²) in [6.45, 7) is 5.85. The average molecular weight is 757 g/mol. The zero-order valence-electron chi connectivity index (χ0n) is 33.2. The van der Waals surface area contributed by atoms with Crippen LogP contribution in [0.2, 0.25) is 0 Å². The normalized spacial score (nSPS) is 13.5. The van der Waals surface area contributed by atoms with Crippen LogP contribution in [0, 0.1) is 5.92 Å². The van der Waals surface area contributed by atoms with E-state index in [1.165, 1.54) is 103 Å². The van der Waals surface area contributed by atoms with Crippen molar-refractivity contribution in [2.45, 2.75) is 200 Å². The Kier molecular flexibility index (Phi) is 35.0. The number of ether oxygens (including phenoxy) is 2. The number of aliphatic hydroxyl groups is 1. The molecule has 10 heteroatoms. The van der Waals surface area contributed by atoms with Crippen molar-refractivity contribution < 1.29 is 43.0 Å². The zero-order chi connectivity index (χ0) is 38.5. The number of carbonyl (C=O) groups is 2. The lowest BCUT2D eigenvalue weighted by atomic mass is 10.0. The second kappa shape index (κ2) is 36.2. The van der Waals surface area contributed by atoms with Crippen LogP contribution in [0.1, 0.15) is 188 Å². The molecule has 0 aliphatic heterocycles. The maximum absolute atomic E-state index is 12.4. The SMILES string of the molecule is CCCCCCCC/C=C/C/C=C/C=C/C(O)CCCC(=O)O[C@H](COC(=O)CCCCCCCCCCCCCCCC(C)C)COP(=O)(O)O. The highest BCUT2D eigenvalue weighted by Gasteiger charge is 2.23. The van der Waals surface area contributed by atoms with Gasteiger partial charge in [0.15, 0.2) is 6.10 Å². The molecule has 0 radical (unpaired) electrons. The fourth-order valence-corrected chi connectivity index (χ4v) is 6.16. The van der Waals surface area contributed by atoms with Gasteiger partial charge in [-0.15, -0.1) is 0 Å². The standard InChI is InChI=1S/C42H77O9P/c1-4-5-6-7-8-9-10-12-16-19-22-25-28-32-39(43)33-30-35-42(45)51-40(37-50-52(46,47)48)36-49-41(44)34-29-26-23-20-17-14-11-13-15-18-21-24-27-31-38(2)3/h12,16,22,25,28,32,38-40,43H,4-11,13-15,17-21,23-24,26-27,29-31,33-37H2,1-3H3,(H2,46,47,48)/b16-12+,25-22+,32-28+/t39?,40-/m1/s1. The Bertz CT molecular complexity index is 973. The molecule has 0 saturated carbocycles. The van der Waals surface area contributed by atoms with Crippen LogP contribution >= 0.6 is 7.82 Å². The van der Waals surface area contributed by atoms with Crippen molar-refractivity contribution in [2.75, 3.05) is 13.2 Å². The topological polar surface area (TPSA) is 140 Å². The predicted octanol–water partition coefficient (Wildman–Crippen LogP) is 11.4. The van der Waals surface area contributed by atoms with Crippen LogP contribution in [-0.2, 0) is 28.2 Å². The van der Waals surface area contributed by atoms with E-state index in [1.807, 2.05) is 12.2 Å². The van der Waals surface area contributed by atoms with Crippen molar-refractivity contribution in [3.8, 4) is 0 Å². The maximum Gasteiger partial charge on any atom is 0.469 e. The first-order chi connectivity index (χ1) is 25.0. The smallest absolute Gasteiger partial charge is 0.462 e. The van der Waals surface area contributed by atoms with Crippen molar-refractivity contribution in [1.29, 1.82) is 0 Å². The predicted molar refractivity (Wildman–Crippen MR) is 213 cm³/mol. The van der Waals surface area contributed by atoms with Gasteiger partial charge >= 0.3 is 19.8 Å². The molecule has 304 valence electrons. The van der Waals surface area contributed by atoms with Crippen molar-refractivity contribution >= 4 is 19.8 Å². The lowest BCUT2D eigenvalue weighted by Gasteiger charge is -2.18. The Morgan fingerprint density at radius 3 is 1.79 bits per heavy atom. The van der Waals surface area contributed by atoms with E-state index in [9.17, 15) is 19.3 Å². The Balaban J connectivity index is 4.10. The van der Waals surface area contributed by atoms with E-state index >= 15 is 0 Å². The van der Waals surface area contributed by atoms with Crippen molar-refractivity contribution in [1.82, 2.24) is 0 Å². The molecule has 0 aromatic heterocycles. The van der Waals surface area contributed by atoms with Gasteiger partial charge in [0.25, 0.3) is 0 Å². The summed E-state index contributed by atoms with van der Waals surface area (Å²) in [5.41, 5.74) is 0. The van der Waals surface area contributed by atoms with Crippen LogP contribution in [-0.4, -0.2) is 52.3 Å². The summed E-state index contributed by atoms with van der Waals surface area (Å²) >= 11 is 0. The molecule has 0 amide bonds. The van der Waals surface area contributed by atoms with Gasteiger partial charge in [-0.05, 0) is 44.4 Å². The van der Waals surface area contributed by atoms with Gasteiger partial charge in [0, 0.05) is 12.8 Å². The Morgan fingerprint density at radius 1 is 0.635 bits per heavy atom. The number of allylic oxidation sites excluding steroid dienone is 5. The Morgan fingerprint density at radius 2 is 1.19 bits per heavy atom. The number of rotatable bonds is 37. The zero-order valence-corrected chi connectivity index (χ0v) is 34.1. The van der Waals surface area contributed by atoms with E-state index in [4.69, 9.17) is 19.3 Å². The molecule has 9 nitrogen and oxygen atoms in total. The number of esters is 2. The number of phosphoric ester groups is 1. The van der Waals surface area contributed by atoms with Crippen LogP contribution in [0.4, 0.5) is 0 Å². The second-order valence-electron chi connectivity index (χ2n) is 14.6. The minimum atomic E-state index is -4.80. The van der Waals surface area contributed by atoms with E-state index in [0.717, 1.165) is 38.0 Å². The molecule has 0 saturated heterocycles. The summed E-state index contributed by atoms with van der Waals surface area (Å²) in [7, 11) is -4.80. The third-order valence-electron chi connectivity index (χ3n) is 8.94. The highest BCUT2D eigenvalue weighted by atomic mass is 31.2. The molecule has 0 rings (SSSR count). The number of phosphoric acid groups is 1. The fraction of sp³-hybridized carbons (Fsp3) is 0.810. The second-order valence-corrected chi connectivity index (χ2v) is 15.9. The van der Waals surface area contributed by atoms with E-state index in [0.29, 0.717) is 19.3 Å². The first kappa shape index (κ1) is 50.2. The summed E-state index contributed by atoms with van der Waals surface area (Å²) in [6.07, 6.45) is 37.6. The molecule has 0 spiro atoms. The molecule has 0 aromatic carbocycles. The summed E-state index contributed by atoms with van der Waals surface area (Å²) in [5.74, 6) is -0.261. The third kappa shape index (κ3) is 39.4. The van der Waals surface area contributed by atoms with Gasteiger partial charge in [-0.1, -0.05) is 173 Å². The number of hydrogen-bond acceptors (Lipinski definition) is 7. The number of hydrogen-bond donors (Lipinski definition) is 3. The molecular weight excluding hydrogens is 679 g/mol. The van der Waals surface area contributed by atoms with Gasteiger partial charge < -0.3 is 24.4 Å². The highest BCUT2D eigenvalue weighted by molar-refractivity contribution is 7.46. The van der Waals surface area contributed by atoms with E-state index in [1.54, 1.807) is 12.2 Å². The molecule has 1 unspecified atom stereocenters. The molecular formula is C42H77O9P. The van der Waals surface area contributed by atoms with Gasteiger partial charge in [0.05, 0.1) is 12.7 Å². The van der Waals surface area contributed by atoms with E-state index in [-0.39, 0.29) is 19.4 Å². The molecule has 3 N–H and O–H groups in total. The van der Waals surface area contributed by atoms with Gasteiger partial charge in [-0.25, -0.2) is 4.57 Å². The average Bonchev–Trinajstić information content (AvgIpc) is 3.09. The van der Waals surface area contributed by atoms with Gasteiger partial charge in [-0.2, -0.15) is 0 Å².